The van der Waals surface area contributed by atoms with E-state index in [0.717, 1.165) is 53.2 Å². The number of aryl methyl sites for hydroxylation is 1. The van der Waals surface area contributed by atoms with Crippen LogP contribution in [0.25, 0.3) is 0 Å². The first-order valence-electron chi connectivity index (χ1n) is 13.7. The van der Waals surface area contributed by atoms with Gasteiger partial charge in [0.2, 0.25) is 11.8 Å². The van der Waals surface area contributed by atoms with E-state index in [1.807, 2.05) is 44.2 Å². The molecule has 0 aromatic heterocycles. The van der Waals surface area contributed by atoms with Crippen molar-refractivity contribution < 1.29 is 22.4 Å². The summed E-state index contributed by atoms with van der Waals surface area (Å²) in [5, 5.41) is 3.10. The Bertz CT molecular complexity index is 1390. The van der Waals surface area contributed by atoms with E-state index in [2.05, 4.69) is 5.32 Å². The largest absolute Gasteiger partial charge is 0.352 e. The SMILES string of the molecule is CCC(C(=O)NC1CCCC1)N(Cc1ccccc1)C(=O)CN(c1ccc(C)cc1)S(=O)(=O)c1ccc(F)cc1. The van der Waals surface area contributed by atoms with Crippen molar-refractivity contribution in [1.29, 1.82) is 0 Å². The number of anilines is 1. The lowest BCUT2D eigenvalue weighted by Crippen LogP contribution is -2.53. The highest BCUT2D eigenvalue weighted by molar-refractivity contribution is 7.92. The molecule has 1 aliphatic rings. The van der Waals surface area contributed by atoms with Crippen LogP contribution in [0.15, 0.2) is 83.8 Å². The number of amides is 2. The second-order valence-electron chi connectivity index (χ2n) is 10.2. The third kappa shape index (κ3) is 7.07. The van der Waals surface area contributed by atoms with Crippen molar-refractivity contribution in [2.24, 2.45) is 0 Å². The monoisotopic (exact) mass is 565 g/mol. The van der Waals surface area contributed by atoms with Crippen LogP contribution in [0.1, 0.15) is 50.2 Å². The van der Waals surface area contributed by atoms with Gasteiger partial charge in [0.15, 0.2) is 0 Å². The van der Waals surface area contributed by atoms with Gasteiger partial charge in [0.1, 0.15) is 18.4 Å². The van der Waals surface area contributed by atoms with Gasteiger partial charge in [-0.25, -0.2) is 12.8 Å². The van der Waals surface area contributed by atoms with Crippen molar-refractivity contribution in [2.75, 3.05) is 10.8 Å². The maximum absolute atomic E-state index is 14.1. The molecule has 3 aromatic carbocycles. The molecular weight excluding hydrogens is 529 g/mol. The molecule has 0 spiro atoms. The number of hydrogen-bond donors (Lipinski definition) is 1. The Kier molecular flexibility index (Phi) is 9.58. The van der Waals surface area contributed by atoms with E-state index >= 15 is 0 Å². The zero-order chi connectivity index (χ0) is 28.7. The van der Waals surface area contributed by atoms with Gasteiger partial charge >= 0.3 is 0 Å². The standard InChI is InChI=1S/C31H36FN3O4S/c1-3-29(31(37)33-26-11-7-8-12-26)34(21-24-9-5-4-6-10-24)30(36)22-35(27-17-13-23(2)14-18-27)40(38,39)28-19-15-25(32)16-20-28/h4-6,9-10,13-20,26,29H,3,7-8,11-12,21-22H2,1-2H3,(H,33,37). The minimum atomic E-state index is -4.24. The van der Waals surface area contributed by atoms with E-state index in [0.29, 0.717) is 12.1 Å². The third-order valence-corrected chi connectivity index (χ3v) is 9.07. The van der Waals surface area contributed by atoms with Crippen LogP contribution in [0.3, 0.4) is 0 Å². The van der Waals surface area contributed by atoms with Crippen LogP contribution in [-0.4, -0.2) is 43.8 Å². The highest BCUT2D eigenvalue weighted by Crippen LogP contribution is 2.26. The Morgan fingerprint density at radius 3 is 2.17 bits per heavy atom. The molecule has 40 heavy (non-hydrogen) atoms. The van der Waals surface area contributed by atoms with Crippen molar-refractivity contribution in [1.82, 2.24) is 10.2 Å². The van der Waals surface area contributed by atoms with E-state index in [1.54, 1.807) is 24.3 Å². The third-order valence-electron chi connectivity index (χ3n) is 7.29. The molecule has 9 heteroatoms. The Hall–Kier alpha value is -3.72. The number of halogens is 1. The van der Waals surface area contributed by atoms with Crippen LogP contribution >= 0.6 is 0 Å². The maximum atomic E-state index is 14.1. The Morgan fingerprint density at radius 2 is 1.57 bits per heavy atom. The number of nitrogens with one attached hydrogen (secondary N) is 1. The second-order valence-corrected chi connectivity index (χ2v) is 12.1. The molecule has 0 bridgehead atoms. The molecule has 0 saturated heterocycles. The first kappa shape index (κ1) is 29.3. The van der Waals surface area contributed by atoms with Crippen molar-refractivity contribution in [3.8, 4) is 0 Å². The molecule has 7 nitrogen and oxygen atoms in total. The van der Waals surface area contributed by atoms with Crippen LogP contribution in [0.5, 0.6) is 0 Å². The summed E-state index contributed by atoms with van der Waals surface area (Å²) in [6.07, 6.45) is 4.30. The molecule has 1 atom stereocenters. The van der Waals surface area contributed by atoms with E-state index in [4.69, 9.17) is 0 Å². The lowest BCUT2D eigenvalue weighted by molar-refractivity contribution is -0.140. The molecular formula is C31H36FN3O4S. The van der Waals surface area contributed by atoms with E-state index in [9.17, 15) is 22.4 Å². The Morgan fingerprint density at radius 1 is 0.950 bits per heavy atom. The van der Waals surface area contributed by atoms with Gasteiger partial charge in [-0.2, -0.15) is 0 Å². The van der Waals surface area contributed by atoms with Crippen molar-refractivity contribution in [3.63, 3.8) is 0 Å². The summed E-state index contributed by atoms with van der Waals surface area (Å²) >= 11 is 0. The number of sulfonamides is 1. The summed E-state index contributed by atoms with van der Waals surface area (Å²) in [5.74, 6) is -1.31. The number of hydrogen-bond acceptors (Lipinski definition) is 4. The van der Waals surface area contributed by atoms with Crippen LogP contribution in [0, 0.1) is 12.7 Å². The predicted molar refractivity (Wildman–Crippen MR) is 154 cm³/mol. The minimum Gasteiger partial charge on any atom is -0.352 e. The summed E-state index contributed by atoms with van der Waals surface area (Å²) < 4.78 is 42.2. The van der Waals surface area contributed by atoms with E-state index < -0.39 is 34.3 Å². The van der Waals surface area contributed by atoms with E-state index in [1.165, 1.54) is 17.0 Å². The fraction of sp³-hybridized carbons (Fsp3) is 0.355. The molecule has 1 saturated carbocycles. The molecule has 2 amide bonds. The van der Waals surface area contributed by atoms with Crippen molar-refractivity contribution in [2.45, 2.75) is 69.5 Å². The maximum Gasteiger partial charge on any atom is 0.264 e. The summed E-state index contributed by atoms with van der Waals surface area (Å²) in [7, 11) is -4.24. The molecule has 0 aliphatic heterocycles. The zero-order valence-corrected chi connectivity index (χ0v) is 23.7. The molecule has 0 radical (unpaired) electrons. The fourth-order valence-electron chi connectivity index (χ4n) is 5.04. The molecule has 1 N–H and O–H groups in total. The minimum absolute atomic E-state index is 0.0816. The van der Waals surface area contributed by atoms with Crippen LogP contribution < -0.4 is 9.62 Å². The summed E-state index contributed by atoms with van der Waals surface area (Å²) in [4.78, 5) is 28.8. The van der Waals surface area contributed by atoms with Gasteiger partial charge in [-0.1, -0.05) is 67.8 Å². The van der Waals surface area contributed by atoms with Gasteiger partial charge in [0, 0.05) is 12.6 Å². The van der Waals surface area contributed by atoms with Gasteiger partial charge in [0.25, 0.3) is 10.0 Å². The summed E-state index contributed by atoms with van der Waals surface area (Å²) in [6.45, 7) is 3.35. The number of nitrogens with zero attached hydrogens (tertiary/aromatic N) is 2. The first-order chi connectivity index (χ1) is 19.2. The fourth-order valence-corrected chi connectivity index (χ4v) is 6.45. The smallest absolute Gasteiger partial charge is 0.264 e. The summed E-state index contributed by atoms with van der Waals surface area (Å²) in [5.41, 5.74) is 2.05. The number of carbonyl (C=O) groups is 2. The van der Waals surface area contributed by atoms with Crippen LogP contribution in [0.4, 0.5) is 10.1 Å². The number of rotatable bonds is 11. The number of carbonyl (C=O) groups excluding carboxylic acids is 2. The lowest BCUT2D eigenvalue weighted by Gasteiger charge is -2.33. The van der Waals surface area contributed by atoms with Gasteiger partial charge in [0.05, 0.1) is 10.6 Å². The average Bonchev–Trinajstić information content (AvgIpc) is 3.46. The molecule has 1 fully saturated rings. The highest BCUT2D eigenvalue weighted by Gasteiger charge is 2.34. The Labute approximate surface area is 236 Å². The van der Waals surface area contributed by atoms with Crippen molar-refractivity contribution >= 4 is 27.5 Å². The van der Waals surface area contributed by atoms with Gasteiger partial charge < -0.3 is 10.2 Å². The first-order valence-corrected chi connectivity index (χ1v) is 15.1. The van der Waals surface area contributed by atoms with Crippen LogP contribution in [0.2, 0.25) is 0 Å². The molecule has 212 valence electrons. The molecule has 0 heterocycles. The molecule has 4 rings (SSSR count). The molecule has 1 aliphatic carbocycles. The van der Waals surface area contributed by atoms with Crippen molar-refractivity contribution in [3.05, 3.63) is 95.8 Å². The average molecular weight is 566 g/mol. The van der Waals surface area contributed by atoms with E-state index in [-0.39, 0.29) is 23.4 Å². The van der Waals surface area contributed by atoms with Gasteiger partial charge in [-0.3, -0.25) is 13.9 Å². The van der Waals surface area contributed by atoms with Gasteiger partial charge in [-0.05, 0) is 68.1 Å². The predicted octanol–water partition coefficient (Wildman–Crippen LogP) is 5.20. The lowest BCUT2D eigenvalue weighted by atomic mass is 10.1. The molecule has 3 aromatic rings. The summed E-state index contributed by atoms with van der Waals surface area (Å²) in [6, 6.07) is 19.9. The quantitative estimate of drug-likeness (QED) is 0.347. The highest BCUT2D eigenvalue weighted by atomic mass is 32.2. The number of benzene rings is 3. The molecule has 1 unspecified atom stereocenters. The normalized spacial score (nSPS) is 14.5. The van der Waals surface area contributed by atoms with Gasteiger partial charge in [-0.15, -0.1) is 0 Å². The Balaban J connectivity index is 1.69. The second kappa shape index (κ2) is 13.1. The zero-order valence-electron chi connectivity index (χ0n) is 22.9. The topological polar surface area (TPSA) is 86.8 Å². The van der Waals surface area contributed by atoms with Crippen LogP contribution in [-0.2, 0) is 26.2 Å².